The van der Waals surface area contributed by atoms with Gasteiger partial charge in [-0.3, -0.25) is 0 Å². The summed E-state index contributed by atoms with van der Waals surface area (Å²) in [5.74, 6) is 0. The van der Waals surface area contributed by atoms with Crippen LogP contribution in [0.3, 0.4) is 0 Å². The number of nitrogen functional groups attached to an aromatic ring is 1. The number of ether oxygens (including phenoxy) is 1. The third-order valence-corrected chi connectivity index (χ3v) is 5.12. The van der Waals surface area contributed by atoms with Crippen molar-refractivity contribution in [2.45, 2.75) is 39.3 Å². The number of nitrogens with two attached hydrogens (primary N) is 1. The summed E-state index contributed by atoms with van der Waals surface area (Å²) in [6.45, 7) is 6.69. The summed E-state index contributed by atoms with van der Waals surface area (Å²) in [5, 5.41) is 3.20. The summed E-state index contributed by atoms with van der Waals surface area (Å²) in [6.07, 6.45) is 2.29. The highest BCUT2D eigenvalue weighted by Gasteiger charge is 2.20. The maximum Gasteiger partial charge on any atom is 0.122 e. The number of benzene rings is 1. The Morgan fingerprint density at radius 1 is 1.38 bits per heavy atom. The molecular formula is C17H25Cl2N3OS. The molecule has 1 aliphatic heterocycles. The molecule has 24 heavy (non-hydrogen) atoms. The molecule has 1 atom stereocenters. The van der Waals surface area contributed by atoms with Gasteiger partial charge in [-0.15, -0.1) is 36.2 Å². The molecule has 2 N–H and O–H groups in total. The molecule has 1 aromatic carbocycles. The van der Waals surface area contributed by atoms with E-state index in [1.165, 1.54) is 11.3 Å². The second kappa shape index (κ2) is 9.47. The molecule has 7 heteroatoms. The molecule has 0 spiro atoms. The van der Waals surface area contributed by atoms with Crippen molar-refractivity contribution in [2.75, 3.05) is 23.8 Å². The fourth-order valence-electron chi connectivity index (χ4n) is 2.99. The highest BCUT2D eigenvalue weighted by atomic mass is 35.5. The molecule has 1 unspecified atom stereocenters. The summed E-state index contributed by atoms with van der Waals surface area (Å²) in [6, 6.07) is 6.20. The van der Waals surface area contributed by atoms with Crippen molar-refractivity contribution in [1.29, 1.82) is 0 Å². The van der Waals surface area contributed by atoms with Gasteiger partial charge in [0.2, 0.25) is 0 Å². The Balaban J connectivity index is 0.00000144. The molecule has 0 saturated heterocycles. The maximum atomic E-state index is 6.12. The molecule has 2 heterocycles. The molecule has 0 bridgehead atoms. The van der Waals surface area contributed by atoms with E-state index in [9.17, 15) is 0 Å². The van der Waals surface area contributed by atoms with Crippen molar-refractivity contribution in [3.05, 3.63) is 39.8 Å². The molecule has 1 aliphatic rings. The number of aromatic nitrogens is 1. The van der Waals surface area contributed by atoms with Crippen molar-refractivity contribution in [3.63, 3.8) is 0 Å². The van der Waals surface area contributed by atoms with Crippen molar-refractivity contribution in [3.8, 4) is 0 Å². The Labute approximate surface area is 160 Å². The summed E-state index contributed by atoms with van der Waals surface area (Å²) >= 11 is 1.68. The van der Waals surface area contributed by atoms with Gasteiger partial charge in [-0.25, -0.2) is 4.98 Å². The van der Waals surface area contributed by atoms with Gasteiger partial charge in [0, 0.05) is 29.9 Å². The molecule has 2 aromatic rings. The van der Waals surface area contributed by atoms with Crippen LogP contribution in [0.25, 0.3) is 0 Å². The number of thiazole rings is 1. The fourth-order valence-corrected chi connectivity index (χ4v) is 3.80. The SMILES string of the molecule is CCOC(C)c1nc(CN2CCCc3c(N)cccc32)cs1.Cl.Cl. The van der Waals surface area contributed by atoms with Crippen LogP contribution in [0.1, 0.15) is 42.6 Å². The quantitative estimate of drug-likeness (QED) is 0.757. The van der Waals surface area contributed by atoms with Gasteiger partial charge in [0.15, 0.2) is 0 Å². The topological polar surface area (TPSA) is 51.4 Å². The normalized spacial score (nSPS) is 14.3. The van der Waals surface area contributed by atoms with Crippen LogP contribution < -0.4 is 10.6 Å². The van der Waals surface area contributed by atoms with E-state index in [-0.39, 0.29) is 30.9 Å². The Morgan fingerprint density at radius 3 is 2.92 bits per heavy atom. The van der Waals surface area contributed by atoms with E-state index in [1.807, 2.05) is 19.1 Å². The first-order chi connectivity index (χ1) is 10.7. The van der Waals surface area contributed by atoms with Gasteiger partial charge in [-0.05, 0) is 44.4 Å². The number of rotatable bonds is 5. The molecule has 0 amide bonds. The van der Waals surface area contributed by atoms with Crippen LogP contribution in [0.4, 0.5) is 11.4 Å². The number of anilines is 2. The summed E-state index contributed by atoms with van der Waals surface area (Å²) in [4.78, 5) is 7.13. The highest BCUT2D eigenvalue weighted by Crippen LogP contribution is 2.32. The zero-order chi connectivity index (χ0) is 15.5. The lowest BCUT2D eigenvalue weighted by atomic mass is 10.00. The average molecular weight is 390 g/mol. The van der Waals surface area contributed by atoms with E-state index < -0.39 is 0 Å². The van der Waals surface area contributed by atoms with Gasteiger partial charge in [0.05, 0.1) is 12.2 Å². The number of fused-ring (bicyclic) bond motifs is 1. The Bertz CT molecular complexity index is 651. The summed E-state index contributed by atoms with van der Waals surface area (Å²) < 4.78 is 5.62. The van der Waals surface area contributed by atoms with E-state index in [1.54, 1.807) is 11.3 Å². The van der Waals surface area contributed by atoms with E-state index >= 15 is 0 Å². The Hall–Kier alpha value is -1.01. The van der Waals surface area contributed by atoms with Gasteiger partial charge in [-0.2, -0.15) is 0 Å². The minimum Gasteiger partial charge on any atom is -0.398 e. The maximum absolute atomic E-state index is 6.12. The highest BCUT2D eigenvalue weighted by molar-refractivity contribution is 7.09. The standard InChI is InChI=1S/C17H23N3OS.2ClH/c1-3-21-12(2)17-19-13(11-22-17)10-20-9-5-6-14-15(18)7-4-8-16(14)20;;/h4,7-8,11-12H,3,5-6,9-10,18H2,1-2H3;2*1H. The second-order valence-corrected chi connectivity index (χ2v) is 6.53. The number of hydrogen-bond acceptors (Lipinski definition) is 5. The number of nitrogens with zero attached hydrogens (tertiary/aromatic N) is 2. The third-order valence-electron chi connectivity index (χ3n) is 4.07. The van der Waals surface area contributed by atoms with Gasteiger partial charge in [0.25, 0.3) is 0 Å². The summed E-state index contributed by atoms with van der Waals surface area (Å²) in [7, 11) is 0. The van der Waals surface area contributed by atoms with Gasteiger partial charge >= 0.3 is 0 Å². The minimum atomic E-state index is 0. The first-order valence-electron chi connectivity index (χ1n) is 7.87. The van der Waals surface area contributed by atoms with Crippen LogP contribution in [0, 0.1) is 0 Å². The lowest BCUT2D eigenvalue weighted by molar-refractivity contribution is 0.0761. The molecule has 134 valence electrons. The third kappa shape index (κ3) is 4.54. The van der Waals surface area contributed by atoms with Crippen LogP contribution in [-0.4, -0.2) is 18.1 Å². The van der Waals surface area contributed by atoms with Gasteiger partial charge in [-0.1, -0.05) is 6.07 Å². The largest absolute Gasteiger partial charge is 0.398 e. The first-order valence-corrected chi connectivity index (χ1v) is 8.75. The predicted molar refractivity (Wildman–Crippen MR) is 107 cm³/mol. The van der Waals surface area contributed by atoms with Crippen LogP contribution in [0.2, 0.25) is 0 Å². The van der Waals surface area contributed by atoms with Crippen molar-refractivity contribution < 1.29 is 4.74 Å². The van der Waals surface area contributed by atoms with E-state index in [0.29, 0.717) is 0 Å². The van der Waals surface area contributed by atoms with Crippen molar-refractivity contribution in [2.24, 2.45) is 0 Å². The van der Waals surface area contributed by atoms with Crippen LogP contribution in [0.5, 0.6) is 0 Å². The average Bonchev–Trinajstić information content (AvgIpc) is 2.97. The molecule has 0 fully saturated rings. The predicted octanol–water partition coefficient (Wildman–Crippen LogP) is 4.62. The van der Waals surface area contributed by atoms with E-state index in [0.717, 1.165) is 48.9 Å². The fraction of sp³-hybridized carbons (Fsp3) is 0.471. The van der Waals surface area contributed by atoms with Crippen LogP contribution in [0.15, 0.2) is 23.6 Å². The smallest absolute Gasteiger partial charge is 0.122 e. The van der Waals surface area contributed by atoms with Crippen molar-refractivity contribution in [1.82, 2.24) is 4.98 Å². The molecule has 0 saturated carbocycles. The van der Waals surface area contributed by atoms with Crippen LogP contribution in [-0.2, 0) is 17.7 Å². The van der Waals surface area contributed by atoms with E-state index in [4.69, 9.17) is 15.5 Å². The first kappa shape index (κ1) is 21.0. The van der Waals surface area contributed by atoms with Gasteiger partial charge in [0.1, 0.15) is 11.1 Å². The molecule has 3 rings (SSSR count). The lowest BCUT2D eigenvalue weighted by Gasteiger charge is -2.31. The second-order valence-electron chi connectivity index (χ2n) is 5.64. The molecule has 0 aliphatic carbocycles. The zero-order valence-electron chi connectivity index (χ0n) is 14.0. The molecular weight excluding hydrogens is 365 g/mol. The van der Waals surface area contributed by atoms with Gasteiger partial charge < -0.3 is 15.4 Å². The lowest BCUT2D eigenvalue weighted by Crippen LogP contribution is -2.29. The molecule has 0 radical (unpaired) electrons. The van der Waals surface area contributed by atoms with E-state index in [2.05, 4.69) is 23.3 Å². The van der Waals surface area contributed by atoms with Crippen LogP contribution >= 0.6 is 36.2 Å². The zero-order valence-corrected chi connectivity index (χ0v) is 16.5. The Kier molecular flexibility index (Phi) is 8.30. The van der Waals surface area contributed by atoms with Crippen molar-refractivity contribution >= 4 is 47.5 Å². The molecule has 1 aromatic heterocycles. The monoisotopic (exact) mass is 389 g/mol. The molecule has 4 nitrogen and oxygen atoms in total. The number of hydrogen-bond donors (Lipinski definition) is 1. The minimum absolute atomic E-state index is 0. The number of halogens is 2. The Morgan fingerprint density at radius 2 is 2.17 bits per heavy atom. The summed E-state index contributed by atoms with van der Waals surface area (Å²) in [5.41, 5.74) is 10.7.